The predicted molar refractivity (Wildman–Crippen MR) is 67.5 cm³/mol. The molecule has 0 aromatic carbocycles. The van der Waals surface area contributed by atoms with Crippen LogP contribution in [0.1, 0.15) is 18.5 Å². The predicted octanol–water partition coefficient (Wildman–Crippen LogP) is 0.949. The summed E-state index contributed by atoms with van der Waals surface area (Å²) in [7, 11) is 1.70. The van der Waals surface area contributed by atoms with Crippen molar-refractivity contribution < 1.29 is 4.74 Å². The SMILES string of the molecule is COCCCCNc1cnc(C(N)=S)cn1. The highest BCUT2D eigenvalue weighted by Gasteiger charge is 1.98. The van der Waals surface area contributed by atoms with Crippen molar-refractivity contribution in [3.8, 4) is 0 Å². The molecule has 0 aliphatic rings. The Kier molecular flexibility index (Phi) is 5.66. The number of thiocarbonyl (C=S) groups is 1. The zero-order valence-corrected chi connectivity index (χ0v) is 10.1. The molecule has 1 heterocycles. The van der Waals surface area contributed by atoms with Gasteiger partial charge < -0.3 is 15.8 Å². The molecule has 0 fully saturated rings. The maximum atomic E-state index is 5.41. The molecule has 3 N–H and O–H groups in total. The van der Waals surface area contributed by atoms with E-state index in [1.165, 1.54) is 0 Å². The minimum atomic E-state index is 0.263. The Hall–Kier alpha value is -1.27. The van der Waals surface area contributed by atoms with Gasteiger partial charge in [-0.05, 0) is 12.8 Å². The van der Waals surface area contributed by atoms with E-state index >= 15 is 0 Å². The van der Waals surface area contributed by atoms with Gasteiger partial charge in [-0.2, -0.15) is 0 Å². The normalized spacial score (nSPS) is 10.1. The van der Waals surface area contributed by atoms with Gasteiger partial charge in [0.25, 0.3) is 0 Å². The van der Waals surface area contributed by atoms with Crippen LogP contribution in [0.4, 0.5) is 5.82 Å². The average molecular weight is 240 g/mol. The number of nitrogens with two attached hydrogens (primary N) is 1. The van der Waals surface area contributed by atoms with Crippen LogP contribution in [-0.4, -0.2) is 35.2 Å². The highest BCUT2D eigenvalue weighted by atomic mass is 32.1. The average Bonchev–Trinajstić information content (AvgIpc) is 2.29. The van der Waals surface area contributed by atoms with Crippen molar-refractivity contribution in [1.82, 2.24) is 9.97 Å². The summed E-state index contributed by atoms with van der Waals surface area (Å²) in [6.07, 6.45) is 5.26. The summed E-state index contributed by atoms with van der Waals surface area (Å²) in [6, 6.07) is 0. The molecule has 16 heavy (non-hydrogen) atoms. The summed E-state index contributed by atoms with van der Waals surface area (Å²) in [5.74, 6) is 0.734. The molecule has 5 nitrogen and oxygen atoms in total. The Morgan fingerprint density at radius 2 is 2.25 bits per heavy atom. The van der Waals surface area contributed by atoms with Crippen LogP contribution in [0.15, 0.2) is 12.4 Å². The molecule has 0 unspecified atom stereocenters. The van der Waals surface area contributed by atoms with Crippen LogP contribution < -0.4 is 11.1 Å². The molecular formula is C10H16N4OS. The Labute approximate surface area is 100 Å². The zero-order chi connectivity index (χ0) is 11.8. The topological polar surface area (TPSA) is 73.1 Å². The van der Waals surface area contributed by atoms with Crippen molar-refractivity contribution in [2.45, 2.75) is 12.8 Å². The summed E-state index contributed by atoms with van der Waals surface area (Å²) in [5, 5.41) is 3.16. The van der Waals surface area contributed by atoms with Crippen LogP contribution >= 0.6 is 12.2 Å². The molecule has 1 aromatic rings. The first-order chi connectivity index (χ1) is 7.74. The second-order valence-corrected chi connectivity index (χ2v) is 3.72. The second-order valence-electron chi connectivity index (χ2n) is 3.28. The van der Waals surface area contributed by atoms with Gasteiger partial charge in [-0.15, -0.1) is 0 Å². The summed E-state index contributed by atoms with van der Waals surface area (Å²) >= 11 is 4.78. The van der Waals surface area contributed by atoms with Crippen molar-refractivity contribution in [1.29, 1.82) is 0 Å². The van der Waals surface area contributed by atoms with E-state index in [9.17, 15) is 0 Å². The van der Waals surface area contributed by atoms with Crippen molar-refractivity contribution in [3.63, 3.8) is 0 Å². The van der Waals surface area contributed by atoms with E-state index in [2.05, 4.69) is 15.3 Å². The number of nitrogens with zero attached hydrogens (tertiary/aromatic N) is 2. The van der Waals surface area contributed by atoms with Crippen molar-refractivity contribution in [3.05, 3.63) is 18.1 Å². The first kappa shape index (κ1) is 12.8. The summed E-state index contributed by atoms with van der Waals surface area (Å²) < 4.78 is 4.95. The van der Waals surface area contributed by atoms with Gasteiger partial charge in [0.2, 0.25) is 0 Å². The zero-order valence-electron chi connectivity index (χ0n) is 9.27. The van der Waals surface area contributed by atoms with Crippen LogP contribution in [-0.2, 0) is 4.74 Å². The molecule has 0 spiro atoms. The molecule has 0 aliphatic heterocycles. The number of ether oxygens (including phenoxy) is 1. The maximum Gasteiger partial charge on any atom is 0.144 e. The molecular weight excluding hydrogens is 224 g/mol. The van der Waals surface area contributed by atoms with Gasteiger partial charge in [0.15, 0.2) is 0 Å². The number of nitrogens with one attached hydrogen (secondary N) is 1. The van der Waals surface area contributed by atoms with Gasteiger partial charge >= 0.3 is 0 Å². The molecule has 0 saturated heterocycles. The monoisotopic (exact) mass is 240 g/mol. The lowest BCUT2D eigenvalue weighted by atomic mass is 10.3. The number of hydrogen-bond donors (Lipinski definition) is 2. The van der Waals surface area contributed by atoms with Gasteiger partial charge in [-0.3, -0.25) is 0 Å². The third-order valence-corrected chi connectivity index (χ3v) is 2.19. The molecule has 0 radical (unpaired) electrons. The number of aromatic nitrogens is 2. The number of anilines is 1. The second kappa shape index (κ2) is 7.08. The van der Waals surface area contributed by atoms with Crippen molar-refractivity contribution in [2.24, 2.45) is 5.73 Å². The first-order valence-corrected chi connectivity index (χ1v) is 5.49. The molecule has 6 heteroatoms. The summed E-state index contributed by atoms with van der Waals surface area (Å²) in [6.45, 7) is 1.64. The maximum absolute atomic E-state index is 5.41. The van der Waals surface area contributed by atoms with E-state index < -0.39 is 0 Å². The Balaban J connectivity index is 2.29. The van der Waals surface area contributed by atoms with Gasteiger partial charge in [0, 0.05) is 20.3 Å². The Morgan fingerprint density at radius 1 is 1.44 bits per heavy atom. The summed E-state index contributed by atoms with van der Waals surface area (Å²) in [4.78, 5) is 8.49. The van der Waals surface area contributed by atoms with E-state index in [4.69, 9.17) is 22.7 Å². The van der Waals surface area contributed by atoms with Crippen LogP contribution in [0.3, 0.4) is 0 Å². The molecule has 0 aliphatic carbocycles. The Bertz CT molecular complexity index is 328. The van der Waals surface area contributed by atoms with E-state index in [1.807, 2.05) is 0 Å². The molecule has 88 valence electrons. The number of hydrogen-bond acceptors (Lipinski definition) is 5. The molecule has 0 bridgehead atoms. The largest absolute Gasteiger partial charge is 0.388 e. The van der Waals surface area contributed by atoms with E-state index in [0.29, 0.717) is 5.69 Å². The lowest BCUT2D eigenvalue weighted by Gasteiger charge is -2.05. The fourth-order valence-corrected chi connectivity index (χ4v) is 1.24. The van der Waals surface area contributed by atoms with Crippen LogP contribution in [0.25, 0.3) is 0 Å². The molecule has 0 atom stereocenters. The minimum Gasteiger partial charge on any atom is -0.388 e. The van der Waals surface area contributed by atoms with Gasteiger partial charge in [-0.1, -0.05) is 12.2 Å². The fourth-order valence-electron chi connectivity index (χ4n) is 1.13. The molecule has 1 rings (SSSR count). The third-order valence-electron chi connectivity index (χ3n) is 1.99. The lowest BCUT2D eigenvalue weighted by molar-refractivity contribution is 0.194. The first-order valence-electron chi connectivity index (χ1n) is 5.08. The van der Waals surface area contributed by atoms with E-state index in [1.54, 1.807) is 19.5 Å². The van der Waals surface area contributed by atoms with E-state index in [0.717, 1.165) is 31.8 Å². The highest BCUT2D eigenvalue weighted by Crippen LogP contribution is 2.01. The Morgan fingerprint density at radius 3 is 2.81 bits per heavy atom. The smallest absolute Gasteiger partial charge is 0.144 e. The van der Waals surface area contributed by atoms with Crippen LogP contribution in [0.2, 0.25) is 0 Å². The summed E-state index contributed by atoms with van der Waals surface area (Å²) in [5.41, 5.74) is 5.96. The number of methoxy groups -OCH3 is 1. The van der Waals surface area contributed by atoms with Crippen LogP contribution in [0, 0.1) is 0 Å². The molecule has 0 saturated carbocycles. The van der Waals surface area contributed by atoms with Crippen molar-refractivity contribution in [2.75, 3.05) is 25.6 Å². The third kappa shape index (κ3) is 4.50. The minimum absolute atomic E-state index is 0.263. The number of rotatable bonds is 7. The standard InChI is InChI=1S/C10H16N4OS/c1-15-5-3-2-4-12-9-7-13-8(6-14-9)10(11)16/h6-7H,2-5H2,1H3,(H2,11,16)(H,12,14). The molecule has 0 amide bonds. The van der Waals surface area contributed by atoms with Crippen molar-refractivity contribution >= 4 is 23.0 Å². The quantitative estimate of drug-likeness (QED) is 0.546. The van der Waals surface area contributed by atoms with E-state index in [-0.39, 0.29) is 4.99 Å². The number of unbranched alkanes of at least 4 members (excludes halogenated alkanes) is 1. The van der Waals surface area contributed by atoms with Gasteiger partial charge in [0.05, 0.1) is 12.4 Å². The fraction of sp³-hybridized carbons (Fsp3) is 0.500. The van der Waals surface area contributed by atoms with Gasteiger partial charge in [-0.25, -0.2) is 9.97 Å². The highest BCUT2D eigenvalue weighted by molar-refractivity contribution is 7.80. The van der Waals surface area contributed by atoms with Crippen LogP contribution in [0.5, 0.6) is 0 Å². The lowest BCUT2D eigenvalue weighted by Crippen LogP contribution is -2.13. The van der Waals surface area contributed by atoms with Gasteiger partial charge in [0.1, 0.15) is 16.5 Å². The molecule has 1 aromatic heterocycles.